The first-order valence-corrected chi connectivity index (χ1v) is 9.32. The summed E-state index contributed by atoms with van der Waals surface area (Å²) in [6.07, 6.45) is 4.11. The fraction of sp³-hybridized carbons (Fsp3) is 0.500. The molecule has 6 heteroatoms. The van der Waals surface area contributed by atoms with Gasteiger partial charge >= 0.3 is 0 Å². The van der Waals surface area contributed by atoms with Crippen LogP contribution in [-0.4, -0.2) is 25.9 Å². The number of rotatable bonds is 6. The maximum Gasteiger partial charge on any atom is 0.237 e. The van der Waals surface area contributed by atoms with E-state index in [2.05, 4.69) is 40.0 Å². The molecule has 1 aliphatic carbocycles. The fourth-order valence-electron chi connectivity index (χ4n) is 2.70. The smallest absolute Gasteiger partial charge is 0.237 e. The van der Waals surface area contributed by atoms with Gasteiger partial charge in [-0.25, -0.2) is 0 Å². The van der Waals surface area contributed by atoms with Crippen LogP contribution in [0.4, 0.5) is 5.69 Å². The van der Waals surface area contributed by atoms with Crippen molar-refractivity contribution in [3.8, 4) is 0 Å². The summed E-state index contributed by atoms with van der Waals surface area (Å²) >= 11 is 1.47. The summed E-state index contributed by atoms with van der Waals surface area (Å²) in [6.45, 7) is 8.23. The lowest BCUT2D eigenvalue weighted by Gasteiger charge is -2.18. The lowest BCUT2D eigenvalue weighted by Crippen LogP contribution is -2.24. The van der Waals surface area contributed by atoms with Gasteiger partial charge in [-0.1, -0.05) is 43.8 Å². The molecule has 1 aliphatic rings. The summed E-state index contributed by atoms with van der Waals surface area (Å²) in [4.78, 5) is 12.7. The normalized spacial score (nSPS) is 15.5. The van der Waals surface area contributed by atoms with E-state index < -0.39 is 0 Å². The molecule has 2 aromatic rings. The molecule has 128 valence electrons. The Morgan fingerprint density at radius 2 is 2.08 bits per heavy atom. The third-order valence-electron chi connectivity index (χ3n) is 4.31. The lowest BCUT2D eigenvalue weighted by molar-refractivity contribution is -0.115. The second-order valence-corrected chi connectivity index (χ2v) is 8.00. The van der Waals surface area contributed by atoms with Crippen LogP contribution < -0.4 is 5.32 Å². The Hall–Kier alpha value is -1.82. The molecule has 1 unspecified atom stereocenters. The minimum Gasteiger partial charge on any atom is -0.325 e. The number of carbonyl (C=O) groups is 1. The van der Waals surface area contributed by atoms with E-state index in [9.17, 15) is 4.79 Å². The van der Waals surface area contributed by atoms with Crippen LogP contribution in [-0.2, 0) is 4.79 Å². The largest absolute Gasteiger partial charge is 0.325 e. The molecule has 0 bridgehead atoms. The van der Waals surface area contributed by atoms with Crippen LogP contribution in [0, 0.1) is 6.92 Å². The molecule has 1 amide bonds. The van der Waals surface area contributed by atoms with Crippen molar-refractivity contribution in [3.63, 3.8) is 0 Å². The minimum absolute atomic E-state index is 0.00143. The molecule has 5 nitrogen and oxygen atoms in total. The first kappa shape index (κ1) is 17.0. The van der Waals surface area contributed by atoms with E-state index in [-0.39, 0.29) is 11.2 Å². The number of aromatic nitrogens is 3. The number of benzene rings is 1. The maximum absolute atomic E-state index is 12.7. The summed E-state index contributed by atoms with van der Waals surface area (Å²) in [5.74, 6) is 0.364. The van der Waals surface area contributed by atoms with Crippen LogP contribution in [0.25, 0.3) is 0 Å². The van der Waals surface area contributed by atoms with Crippen molar-refractivity contribution >= 4 is 23.4 Å². The van der Waals surface area contributed by atoms with Crippen molar-refractivity contribution < 1.29 is 4.79 Å². The third kappa shape index (κ3) is 3.64. The quantitative estimate of drug-likeness (QED) is 0.799. The van der Waals surface area contributed by atoms with Crippen LogP contribution in [0.15, 0.2) is 29.7 Å². The number of anilines is 1. The van der Waals surface area contributed by atoms with Gasteiger partial charge in [-0.15, -0.1) is 10.2 Å². The Morgan fingerprint density at radius 1 is 1.33 bits per heavy atom. The van der Waals surface area contributed by atoms with Gasteiger partial charge in [0.05, 0.1) is 5.25 Å². The minimum atomic E-state index is -0.230. The molecular weight excluding hydrogens is 320 g/mol. The van der Waals surface area contributed by atoms with Crippen LogP contribution in [0.2, 0.25) is 0 Å². The molecular formula is C18H24N4OS. The number of hydrogen-bond donors (Lipinski definition) is 1. The Kier molecular flexibility index (Phi) is 4.94. The number of carbonyl (C=O) groups excluding carboxylic acids is 1. The van der Waals surface area contributed by atoms with Gasteiger partial charge in [0.15, 0.2) is 5.16 Å². The van der Waals surface area contributed by atoms with Gasteiger partial charge in [-0.05, 0) is 43.7 Å². The van der Waals surface area contributed by atoms with Crippen molar-refractivity contribution in [2.45, 2.75) is 62.9 Å². The molecule has 0 spiro atoms. The zero-order chi connectivity index (χ0) is 17.3. The molecule has 0 aliphatic heterocycles. The zero-order valence-corrected chi connectivity index (χ0v) is 15.4. The highest BCUT2D eigenvalue weighted by atomic mass is 32.2. The molecule has 3 rings (SSSR count). The van der Waals surface area contributed by atoms with E-state index in [0.717, 1.165) is 16.4 Å². The molecule has 0 saturated heterocycles. The maximum atomic E-state index is 12.7. The molecule has 24 heavy (non-hydrogen) atoms. The van der Waals surface area contributed by atoms with Gasteiger partial charge in [0, 0.05) is 11.7 Å². The van der Waals surface area contributed by atoms with Crippen LogP contribution in [0.1, 0.15) is 56.7 Å². The average molecular weight is 344 g/mol. The van der Waals surface area contributed by atoms with Gasteiger partial charge < -0.3 is 9.88 Å². The van der Waals surface area contributed by atoms with Gasteiger partial charge in [-0.2, -0.15) is 0 Å². The number of aryl methyl sites for hydroxylation is 1. The Morgan fingerprint density at radius 3 is 2.75 bits per heavy atom. The van der Waals surface area contributed by atoms with E-state index in [4.69, 9.17) is 0 Å². The van der Waals surface area contributed by atoms with Crippen LogP contribution in [0.3, 0.4) is 0 Å². The van der Waals surface area contributed by atoms with Crippen molar-refractivity contribution in [1.29, 1.82) is 0 Å². The van der Waals surface area contributed by atoms with E-state index in [1.54, 1.807) is 6.33 Å². The van der Waals surface area contributed by atoms with Crippen molar-refractivity contribution in [2.24, 2.45) is 0 Å². The van der Waals surface area contributed by atoms with Crippen LogP contribution >= 0.6 is 11.8 Å². The highest BCUT2D eigenvalue weighted by Gasteiger charge is 2.28. The molecule has 0 radical (unpaired) electrons. The highest BCUT2D eigenvalue weighted by molar-refractivity contribution is 8.00. The van der Waals surface area contributed by atoms with E-state index in [1.165, 1.54) is 30.2 Å². The standard InChI is InChI=1S/C18H24N4OS/c1-11(2)15-7-5-6-12(3)16(15)20-17(23)13(4)24-18-21-19-10-22(18)14-8-9-14/h5-7,10-11,13-14H,8-9H2,1-4H3,(H,20,23). The van der Waals surface area contributed by atoms with Crippen molar-refractivity contribution in [2.75, 3.05) is 5.32 Å². The Bertz CT molecular complexity index is 736. The summed E-state index contributed by atoms with van der Waals surface area (Å²) in [5, 5.41) is 11.9. The van der Waals surface area contributed by atoms with Gasteiger partial charge in [-0.3, -0.25) is 4.79 Å². The highest BCUT2D eigenvalue weighted by Crippen LogP contribution is 2.38. The second-order valence-electron chi connectivity index (χ2n) is 6.70. The number of hydrogen-bond acceptors (Lipinski definition) is 4. The lowest BCUT2D eigenvalue weighted by atomic mass is 9.98. The SMILES string of the molecule is Cc1cccc(C(C)C)c1NC(=O)C(C)Sc1nncn1C1CC1. The average Bonchev–Trinajstić information content (AvgIpc) is 3.28. The van der Waals surface area contributed by atoms with Gasteiger partial charge in [0.2, 0.25) is 5.91 Å². The third-order valence-corrected chi connectivity index (χ3v) is 5.38. The van der Waals surface area contributed by atoms with Gasteiger partial charge in [0.1, 0.15) is 6.33 Å². The summed E-state index contributed by atoms with van der Waals surface area (Å²) in [6, 6.07) is 6.66. The summed E-state index contributed by atoms with van der Waals surface area (Å²) in [7, 11) is 0. The molecule has 1 fully saturated rings. The topological polar surface area (TPSA) is 59.8 Å². The number of thioether (sulfide) groups is 1. The predicted octanol–water partition coefficient (Wildman–Crippen LogP) is 4.16. The predicted molar refractivity (Wildman–Crippen MR) is 97.5 cm³/mol. The van der Waals surface area contributed by atoms with Crippen LogP contribution in [0.5, 0.6) is 0 Å². The molecule has 1 saturated carbocycles. The Balaban J connectivity index is 1.72. The Labute approximate surface area is 147 Å². The van der Waals surface area contributed by atoms with E-state index in [0.29, 0.717) is 12.0 Å². The summed E-state index contributed by atoms with van der Waals surface area (Å²) < 4.78 is 2.09. The number of para-hydroxylation sites is 1. The van der Waals surface area contributed by atoms with Crippen molar-refractivity contribution in [1.82, 2.24) is 14.8 Å². The van der Waals surface area contributed by atoms with E-state index >= 15 is 0 Å². The van der Waals surface area contributed by atoms with E-state index in [1.807, 2.05) is 26.0 Å². The molecule has 1 heterocycles. The first-order valence-electron chi connectivity index (χ1n) is 8.44. The second kappa shape index (κ2) is 6.97. The number of amides is 1. The monoisotopic (exact) mass is 344 g/mol. The fourth-order valence-corrected chi connectivity index (χ4v) is 3.59. The molecule has 1 atom stereocenters. The molecule has 1 N–H and O–H groups in total. The summed E-state index contributed by atoms with van der Waals surface area (Å²) in [5.41, 5.74) is 3.20. The number of nitrogens with zero attached hydrogens (tertiary/aromatic N) is 3. The zero-order valence-electron chi connectivity index (χ0n) is 14.6. The van der Waals surface area contributed by atoms with Crippen molar-refractivity contribution in [3.05, 3.63) is 35.7 Å². The first-order chi connectivity index (χ1) is 11.5. The number of nitrogens with one attached hydrogen (secondary N) is 1. The molecule has 1 aromatic heterocycles. The molecule has 1 aromatic carbocycles. The van der Waals surface area contributed by atoms with Gasteiger partial charge in [0.25, 0.3) is 0 Å².